The third kappa shape index (κ3) is 3.49. The second-order valence-corrected chi connectivity index (χ2v) is 5.60. The molecule has 1 atom stereocenters. The first-order valence-corrected chi connectivity index (χ1v) is 7.48. The van der Waals surface area contributed by atoms with E-state index in [1.54, 1.807) is 0 Å². The maximum atomic E-state index is 6.06. The third-order valence-corrected chi connectivity index (χ3v) is 3.75. The van der Waals surface area contributed by atoms with Gasteiger partial charge in [-0.15, -0.1) is 0 Å². The molecule has 1 fully saturated rings. The minimum atomic E-state index is -0.0470. The van der Waals surface area contributed by atoms with Crippen LogP contribution in [0.1, 0.15) is 18.6 Å². The van der Waals surface area contributed by atoms with Gasteiger partial charge in [-0.3, -0.25) is 0 Å². The Morgan fingerprint density at radius 2 is 1.86 bits per heavy atom. The first-order chi connectivity index (χ1) is 10.2. The van der Waals surface area contributed by atoms with Crippen molar-refractivity contribution in [3.05, 3.63) is 59.1 Å². The van der Waals surface area contributed by atoms with E-state index in [9.17, 15) is 0 Å². The highest BCUT2D eigenvalue weighted by Gasteiger charge is 2.21. The lowest BCUT2D eigenvalue weighted by atomic mass is 10.1. The maximum absolute atomic E-state index is 6.06. The molecule has 3 nitrogen and oxygen atoms in total. The predicted octanol–water partition coefficient (Wildman–Crippen LogP) is 3.83. The normalized spacial score (nSPS) is 16.1. The maximum Gasteiger partial charge on any atom is 0.163 e. The van der Waals surface area contributed by atoms with E-state index in [0.29, 0.717) is 10.8 Å². The summed E-state index contributed by atoms with van der Waals surface area (Å²) in [6, 6.07) is 15.6. The number of hydrogen-bond acceptors (Lipinski definition) is 3. The van der Waals surface area contributed by atoms with Crippen LogP contribution in [0.15, 0.2) is 48.5 Å². The monoisotopic (exact) mass is 303 g/mol. The highest BCUT2D eigenvalue weighted by Crippen LogP contribution is 2.34. The molecular formula is C17H18ClNO2. The molecule has 2 aromatic carbocycles. The zero-order chi connectivity index (χ0) is 14.7. The van der Waals surface area contributed by atoms with Crippen LogP contribution in [0.25, 0.3) is 0 Å². The number of rotatable bonds is 5. The SMILES string of the molecule is CC(Oc1ccc(Cl)cc1OC1CNC1)c1ccccc1. The highest BCUT2D eigenvalue weighted by atomic mass is 35.5. The van der Waals surface area contributed by atoms with Gasteiger partial charge < -0.3 is 14.8 Å². The van der Waals surface area contributed by atoms with Crippen LogP contribution in [-0.2, 0) is 0 Å². The van der Waals surface area contributed by atoms with Crippen LogP contribution in [0.3, 0.4) is 0 Å². The fourth-order valence-corrected chi connectivity index (χ4v) is 2.34. The number of hydrogen-bond donors (Lipinski definition) is 1. The minimum absolute atomic E-state index is 0.0470. The Kier molecular flexibility index (Phi) is 4.32. The first-order valence-electron chi connectivity index (χ1n) is 7.11. The molecule has 3 rings (SSSR count). The molecule has 0 aliphatic carbocycles. The molecule has 21 heavy (non-hydrogen) atoms. The van der Waals surface area contributed by atoms with E-state index < -0.39 is 0 Å². The van der Waals surface area contributed by atoms with Crippen LogP contribution < -0.4 is 14.8 Å². The third-order valence-electron chi connectivity index (χ3n) is 3.52. The van der Waals surface area contributed by atoms with Crippen molar-refractivity contribution in [2.75, 3.05) is 13.1 Å². The largest absolute Gasteiger partial charge is 0.484 e. The Bertz CT molecular complexity index is 599. The average molecular weight is 304 g/mol. The fraction of sp³-hybridized carbons (Fsp3) is 0.294. The van der Waals surface area contributed by atoms with Crippen molar-refractivity contribution in [2.24, 2.45) is 0 Å². The number of nitrogens with one attached hydrogen (secondary N) is 1. The Morgan fingerprint density at radius 3 is 2.52 bits per heavy atom. The van der Waals surface area contributed by atoms with Crippen LogP contribution in [0.4, 0.5) is 0 Å². The van der Waals surface area contributed by atoms with Crippen molar-refractivity contribution >= 4 is 11.6 Å². The molecular weight excluding hydrogens is 286 g/mol. The Balaban J connectivity index is 1.77. The van der Waals surface area contributed by atoms with E-state index in [4.69, 9.17) is 21.1 Å². The lowest BCUT2D eigenvalue weighted by molar-refractivity contribution is 0.129. The van der Waals surface area contributed by atoms with Gasteiger partial charge in [-0.05, 0) is 24.6 Å². The van der Waals surface area contributed by atoms with E-state index in [0.717, 1.165) is 24.4 Å². The van der Waals surface area contributed by atoms with Gasteiger partial charge >= 0.3 is 0 Å². The molecule has 0 bridgehead atoms. The zero-order valence-corrected chi connectivity index (χ0v) is 12.6. The highest BCUT2D eigenvalue weighted by molar-refractivity contribution is 6.30. The van der Waals surface area contributed by atoms with E-state index in [2.05, 4.69) is 17.4 Å². The van der Waals surface area contributed by atoms with Crippen LogP contribution >= 0.6 is 11.6 Å². The molecule has 0 spiro atoms. The van der Waals surface area contributed by atoms with Crippen LogP contribution in [-0.4, -0.2) is 19.2 Å². The summed E-state index contributed by atoms with van der Waals surface area (Å²) in [6.45, 7) is 3.75. The number of ether oxygens (including phenoxy) is 2. The molecule has 1 aliphatic heterocycles. The van der Waals surface area contributed by atoms with Crippen molar-refractivity contribution in [3.8, 4) is 11.5 Å². The molecule has 4 heteroatoms. The van der Waals surface area contributed by atoms with E-state index in [1.165, 1.54) is 0 Å². The molecule has 110 valence electrons. The molecule has 1 aliphatic rings. The van der Waals surface area contributed by atoms with Crippen LogP contribution in [0.5, 0.6) is 11.5 Å². The van der Waals surface area contributed by atoms with Gasteiger partial charge in [0.25, 0.3) is 0 Å². The fourth-order valence-electron chi connectivity index (χ4n) is 2.18. The summed E-state index contributed by atoms with van der Waals surface area (Å²) in [4.78, 5) is 0. The van der Waals surface area contributed by atoms with Gasteiger partial charge in [-0.1, -0.05) is 41.9 Å². The Morgan fingerprint density at radius 1 is 1.10 bits per heavy atom. The van der Waals surface area contributed by atoms with Crippen molar-refractivity contribution < 1.29 is 9.47 Å². The molecule has 2 aromatic rings. The number of benzene rings is 2. The van der Waals surface area contributed by atoms with Crippen LogP contribution in [0, 0.1) is 0 Å². The van der Waals surface area contributed by atoms with Gasteiger partial charge in [0.15, 0.2) is 11.5 Å². The van der Waals surface area contributed by atoms with Gasteiger partial charge in [-0.2, -0.15) is 0 Å². The molecule has 1 saturated heterocycles. The minimum Gasteiger partial charge on any atom is -0.484 e. The van der Waals surface area contributed by atoms with E-state index >= 15 is 0 Å². The summed E-state index contributed by atoms with van der Waals surface area (Å²) in [5.74, 6) is 1.43. The smallest absolute Gasteiger partial charge is 0.163 e. The summed E-state index contributed by atoms with van der Waals surface area (Å²) < 4.78 is 12.0. The molecule has 1 unspecified atom stereocenters. The molecule has 0 saturated carbocycles. The summed E-state index contributed by atoms with van der Waals surface area (Å²) in [7, 11) is 0. The van der Waals surface area contributed by atoms with Crippen molar-refractivity contribution in [1.29, 1.82) is 0 Å². The number of halogens is 1. The molecule has 0 radical (unpaired) electrons. The molecule has 0 aromatic heterocycles. The van der Waals surface area contributed by atoms with Crippen molar-refractivity contribution in [2.45, 2.75) is 19.1 Å². The molecule has 1 heterocycles. The lowest BCUT2D eigenvalue weighted by Crippen LogP contribution is -2.50. The van der Waals surface area contributed by atoms with Gasteiger partial charge in [0.2, 0.25) is 0 Å². The summed E-state index contributed by atoms with van der Waals surface area (Å²) in [6.07, 6.45) is 0.145. The van der Waals surface area contributed by atoms with Gasteiger partial charge in [0, 0.05) is 24.2 Å². The van der Waals surface area contributed by atoms with Gasteiger partial charge in [-0.25, -0.2) is 0 Å². The molecule has 1 N–H and O–H groups in total. The van der Waals surface area contributed by atoms with Crippen molar-refractivity contribution in [1.82, 2.24) is 5.32 Å². The standard InChI is InChI=1S/C17H18ClNO2/c1-12(13-5-3-2-4-6-13)20-16-8-7-14(18)9-17(16)21-15-10-19-11-15/h2-9,12,15,19H,10-11H2,1H3. The summed E-state index contributed by atoms with van der Waals surface area (Å²) in [5.41, 5.74) is 1.13. The molecule has 0 amide bonds. The van der Waals surface area contributed by atoms with E-state index in [1.807, 2.05) is 43.3 Å². The van der Waals surface area contributed by atoms with Gasteiger partial charge in [0.1, 0.15) is 12.2 Å². The van der Waals surface area contributed by atoms with Crippen LogP contribution in [0.2, 0.25) is 5.02 Å². The lowest BCUT2D eigenvalue weighted by Gasteiger charge is -2.29. The Hall–Kier alpha value is -1.71. The topological polar surface area (TPSA) is 30.5 Å². The van der Waals surface area contributed by atoms with Crippen molar-refractivity contribution in [3.63, 3.8) is 0 Å². The average Bonchev–Trinajstić information content (AvgIpc) is 2.46. The predicted molar refractivity (Wildman–Crippen MR) is 84.2 cm³/mol. The zero-order valence-electron chi connectivity index (χ0n) is 11.9. The van der Waals surface area contributed by atoms with E-state index in [-0.39, 0.29) is 12.2 Å². The second-order valence-electron chi connectivity index (χ2n) is 5.16. The quantitative estimate of drug-likeness (QED) is 0.910. The first kappa shape index (κ1) is 14.2. The summed E-state index contributed by atoms with van der Waals surface area (Å²) >= 11 is 6.06. The second kappa shape index (κ2) is 6.37. The summed E-state index contributed by atoms with van der Waals surface area (Å²) in [5, 5.41) is 3.83. The van der Waals surface area contributed by atoms with Gasteiger partial charge in [0.05, 0.1) is 0 Å². The Labute approximate surface area is 129 Å².